The minimum Gasteiger partial charge on any atom is -0.465 e. The quantitative estimate of drug-likeness (QED) is 0.417. The number of carbonyl (C=O) groups excluding carboxylic acids is 4. The molecule has 0 radical (unpaired) electrons. The number of methoxy groups -OCH3 is 1. The average Bonchev–Trinajstić information content (AvgIpc) is 3.16. The zero-order valence-electron chi connectivity index (χ0n) is 18.9. The summed E-state index contributed by atoms with van der Waals surface area (Å²) in [7, 11) is 1.28. The molecule has 34 heavy (non-hydrogen) atoms. The first-order valence-corrected chi connectivity index (χ1v) is 10.9. The Morgan fingerprint density at radius 2 is 1.59 bits per heavy atom. The van der Waals surface area contributed by atoms with Crippen molar-refractivity contribution in [3.8, 4) is 0 Å². The van der Waals surface area contributed by atoms with Crippen LogP contribution in [0.15, 0.2) is 78.9 Å². The van der Waals surface area contributed by atoms with E-state index < -0.39 is 23.8 Å². The van der Waals surface area contributed by atoms with Gasteiger partial charge in [-0.2, -0.15) is 0 Å². The molecule has 1 heterocycles. The molecular formula is C27H24N2O5. The molecule has 0 aliphatic carbocycles. The van der Waals surface area contributed by atoms with Crippen molar-refractivity contribution in [1.82, 2.24) is 4.90 Å². The molecule has 0 bridgehead atoms. The van der Waals surface area contributed by atoms with Crippen molar-refractivity contribution < 1.29 is 23.9 Å². The van der Waals surface area contributed by atoms with Gasteiger partial charge in [-0.25, -0.2) is 9.69 Å². The maximum atomic E-state index is 13.6. The van der Waals surface area contributed by atoms with E-state index >= 15 is 0 Å². The summed E-state index contributed by atoms with van der Waals surface area (Å²) >= 11 is 0. The van der Waals surface area contributed by atoms with E-state index in [2.05, 4.69) is 0 Å². The minimum absolute atomic E-state index is 0.123. The summed E-state index contributed by atoms with van der Waals surface area (Å²) in [4.78, 5) is 54.3. The SMILES string of the molecule is COC(=O)c1ccc(N2C(=O)CC(N(Cc3ccccc3)C(=O)c3ccccc3C)C2=O)cc1. The van der Waals surface area contributed by atoms with Crippen LogP contribution >= 0.6 is 0 Å². The smallest absolute Gasteiger partial charge is 0.337 e. The zero-order valence-corrected chi connectivity index (χ0v) is 18.9. The number of anilines is 1. The highest BCUT2D eigenvalue weighted by Gasteiger charge is 2.44. The van der Waals surface area contributed by atoms with Crippen molar-refractivity contribution in [3.05, 3.63) is 101 Å². The van der Waals surface area contributed by atoms with E-state index in [1.807, 2.05) is 49.4 Å². The third kappa shape index (κ3) is 4.45. The fourth-order valence-corrected chi connectivity index (χ4v) is 4.07. The van der Waals surface area contributed by atoms with Crippen LogP contribution in [0.4, 0.5) is 5.69 Å². The molecule has 1 unspecified atom stereocenters. The number of ether oxygens (including phenoxy) is 1. The summed E-state index contributed by atoms with van der Waals surface area (Å²) in [5.74, 6) is -1.71. The fourth-order valence-electron chi connectivity index (χ4n) is 4.07. The third-order valence-electron chi connectivity index (χ3n) is 5.88. The highest BCUT2D eigenvalue weighted by molar-refractivity contribution is 6.23. The molecule has 7 heteroatoms. The summed E-state index contributed by atoms with van der Waals surface area (Å²) in [6.45, 7) is 2.03. The lowest BCUT2D eigenvalue weighted by molar-refractivity contribution is -0.122. The molecule has 1 aliphatic rings. The molecule has 0 N–H and O–H groups in total. The Kier molecular flexibility index (Phi) is 6.54. The Labute approximate surface area is 197 Å². The standard InChI is InChI=1S/C27H24N2O5/c1-18-8-6-7-11-22(18)25(31)28(17-19-9-4-3-5-10-19)23-16-24(30)29(26(23)32)21-14-12-20(13-15-21)27(33)34-2/h3-15,23H,16-17H2,1-2H3. The van der Waals surface area contributed by atoms with Gasteiger partial charge < -0.3 is 9.64 Å². The van der Waals surface area contributed by atoms with Crippen LogP contribution in [0.1, 0.15) is 38.3 Å². The summed E-state index contributed by atoms with van der Waals surface area (Å²) in [6, 6.07) is 21.6. The number of rotatable bonds is 6. The van der Waals surface area contributed by atoms with Gasteiger partial charge in [0, 0.05) is 12.1 Å². The van der Waals surface area contributed by atoms with Gasteiger partial charge in [-0.15, -0.1) is 0 Å². The van der Waals surface area contributed by atoms with Crippen LogP contribution in [-0.4, -0.2) is 41.7 Å². The minimum atomic E-state index is -0.944. The number of esters is 1. The number of amides is 3. The summed E-state index contributed by atoms with van der Waals surface area (Å²) in [5, 5.41) is 0. The first kappa shape index (κ1) is 22.9. The Morgan fingerprint density at radius 3 is 2.24 bits per heavy atom. The number of aryl methyl sites for hydroxylation is 1. The second-order valence-corrected chi connectivity index (χ2v) is 8.06. The molecule has 3 aromatic carbocycles. The normalized spacial score (nSPS) is 15.4. The number of hydrogen-bond acceptors (Lipinski definition) is 5. The van der Waals surface area contributed by atoms with E-state index in [0.29, 0.717) is 16.8 Å². The molecule has 0 saturated carbocycles. The number of hydrogen-bond donors (Lipinski definition) is 0. The number of imide groups is 1. The lowest BCUT2D eigenvalue weighted by atomic mass is 10.0. The van der Waals surface area contributed by atoms with Gasteiger partial charge in [0.1, 0.15) is 6.04 Å². The maximum Gasteiger partial charge on any atom is 0.337 e. The average molecular weight is 456 g/mol. The van der Waals surface area contributed by atoms with Crippen LogP contribution in [0, 0.1) is 6.92 Å². The maximum absolute atomic E-state index is 13.6. The lowest BCUT2D eigenvalue weighted by Crippen LogP contribution is -2.45. The molecule has 172 valence electrons. The van der Waals surface area contributed by atoms with Crippen molar-refractivity contribution in [2.45, 2.75) is 25.9 Å². The van der Waals surface area contributed by atoms with E-state index in [0.717, 1.165) is 16.0 Å². The van der Waals surface area contributed by atoms with E-state index in [1.165, 1.54) is 36.3 Å². The van der Waals surface area contributed by atoms with Gasteiger partial charge in [0.25, 0.3) is 11.8 Å². The van der Waals surface area contributed by atoms with Gasteiger partial charge in [-0.1, -0.05) is 48.5 Å². The molecule has 1 fully saturated rings. The zero-order chi connectivity index (χ0) is 24.2. The van der Waals surface area contributed by atoms with Gasteiger partial charge >= 0.3 is 5.97 Å². The van der Waals surface area contributed by atoms with Crippen molar-refractivity contribution in [2.75, 3.05) is 12.0 Å². The lowest BCUT2D eigenvalue weighted by Gasteiger charge is -2.28. The molecule has 1 saturated heterocycles. The first-order chi connectivity index (χ1) is 16.4. The fraction of sp³-hybridized carbons (Fsp3) is 0.185. The van der Waals surface area contributed by atoms with E-state index in [9.17, 15) is 19.2 Å². The Morgan fingerprint density at radius 1 is 0.941 bits per heavy atom. The van der Waals surface area contributed by atoms with Gasteiger partial charge in [-0.3, -0.25) is 14.4 Å². The molecule has 1 atom stereocenters. The molecule has 3 aromatic rings. The monoisotopic (exact) mass is 456 g/mol. The van der Waals surface area contributed by atoms with Gasteiger partial charge in [0.2, 0.25) is 5.91 Å². The van der Waals surface area contributed by atoms with E-state index in [1.54, 1.807) is 12.1 Å². The van der Waals surface area contributed by atoms with Gasteiger partial charge in [0.05, 0.1) is 24.8 Å². The van der Waals surface area contributed by atoms with Crippen LogP contribution < -0.4 is 4.90 Å². The van der Waals surface area contributed by atoms with Crippen molar-refractivity contribution in [2.24, 2.45) is 0 Å². The second-order valence-electron chi connectivity index (χ2n) is 8.06. The highest BCUT2D eigenvalue weighted by atomic mass is 16.5. The Hall–Kier alpha value is -4.26. The number of benzene rings is 3. The predicted octanol–water partition coefficient (Wildman–Crippen LogP) is 3.76. The van der Waals surface area contributed by atoms with Gasteiger partial charge in [-0.05, 0) is 48.4 Å². The molecule has 7 nitrogen and oxygen atoms in total. The van der Waals surface area contributed by atoms with Crippen LogP contribution in [0.5, 0.6) is 0 Å². The van der Waals surface area contributed by atoms with Crippen LogP contribution in [-0.2, 0) is 20.9 Å². The Balaban J connectivity index is 1.67. The number of carbonyl (C=O) groups is 4. The summed E-state index contributed by atoms with van der Waals surface area (Å²) in [6.07, 6.45) is -0.123. The van der Waals surface area contributed by atoms with Crippen LogP contribution in [0.2, 0.25) is 0 Å². The first-order valence-electron chi connectivity index (χ1n) is 10.9. The molecule has 3 amide bonds. The van der Waals surface area contributed by atoms with E-state index in [-0.39, 0.29) is 18.9 Å². The Bertz CT molecular complexity index is 1240. The molecule has 0 spiro atoms. The highest BCUT2D eigenvalue weighted by Crippen LogP contribution is 2.28. The summed E-state index contributed by atoms with van der Waals surface area (Å²) < 4.78 is 4.70. The topological polar surface area (TPSA) is 84.0 Å². The van der Waals surface area contributed by atoms with Crippen molar-refractivity contribution >= 4 is 29.4 Å². The van der Waals surface area contributed by atoms with Crippen molar-refractivity contribution in [3.63, 3.8) is 0 Å². The van der Waals surface area contributed by atoms with E-state index in [4.69, 9.17) is 4.74 Å². The van der Waals surface area contributed by atoms with Crippen LogP contribution in [0.25, 0.3) is 0 Å². The van der Waals surface area contributed by atoms with Crippen molar-refractivity contribution in [1.29, 1.82) is 0 Å². The molecule has 0 aromatic heterocycles. The van der Waals surface area contributed by atoms with Crippen LogP contribution in [0.3, 0.4) is 0 Å². The molecule has 1 aliphatic heterocycles. The summed E-state index contributed by atoms with van der Waals surface area (Å²) in [5.41, 5.74) is 2.78. The van der Waals surface area contributed by atoms with Gasteiger partial charge in [0.15, 0.2) is 0 Å². The molecule has 4 rings (SSSR count). The third-order valence-corrected chi connectivity index (χ3v) is 5.88. The number of nitrogens with zero attached hydrogens (tertiary/aromatic N) is 2. The predicted molar refractivity (Wildman–Crippen MR) is 126 cm³/mol. The molecular weight excluding hydrogens is 432 g/mol. The largest absolute Gasteiger partial charge is 0.465 e. The second kappa shape index (κ2) is 9.70.